The van der Waals surface area contributed by atoms with Crippen molar-refractivity contribution in [3.8, 4) is 17.5 Å². The molecule has 2 N–H and O–H groups in total. The molecule has 0 aliphatic carbocycles. The Kier molecular flexibility index (Phi) is 7.98. The molecule has 2 heterocycles. The number of carbonyl (C=O) groups excluding carboxylic acids is 1. The number of halogens is 1. The number of hydrogen-bond acceptors (Lipinski definition) is 9. The highest BCUT2D eigenvalue weighted by Gasteiger charge is 2.25. The molecule has 1 aromatic heterocycles. The van der Waals surface area contributed by atoms with E-state index in [1.807, 2.05) is 6.92 Å². The summed E-state index contributed by atoms with van der Waals surface area (Å²) >= 11 is 0. The van der Waals surface area contributed by atoms with Crippen LogP contribution in [-0.2, 0) is 14.6 Å². The average Bonchev–Trinajstić information content (AvgIpc) is 2.77. The van der Waals surface area contributed by atoms with E-state index in [0.717, 1.165) is 51.1 Å². The average molecular weight is 481 g/mol. The molecule has 3 rings (SSSR count). The Morgan fingerprint density at radius 2 is 1.94 bits per heavy atom. The monoisotopic (exact) mass is 480 g/mol. The Labute approximate surface area is 193 Å². The molecule has 180 valence electrons. The lowest BCUT2D eigenvalue weighted by atomic mass is 10.0. The summed E-state index contributed by atoms with van der Waals surface area (Å²) in [6, 6.07) is 2.97. The fourth-order valence-corrected chi connectivity index (χ4v) is 4.20. The van der Waals surface area contributed by atoms with Gasteiger partial charge in [-0.25, -0.2) is 22.8 Å². The van der Waals surface area contributed by atoms with E-state index >= 15 is 0 Å². The third-order valence-electron chi connectivity index (χ3n) is 5.70. The van der Waals surface area contributed by atoms with Gasteiger partial charge in [-0.2, -0.15) is 0 Å². The number of piperidine rings is 1. The van der Waals surface area contributed by atoms with E-state index < -0.39 is 21.7 Å². The minimum absolute atomic E-state index is 0.0523. The van der Waals surface area contributed by atoms with E-state index in [2.05, 4.69) is 14.9 Å². The predicted octanol–water partition coefficient (Wildman–Crippen LogP) is 2.13. The van der Waals surface area contributed by atoms with Crippen molar-refractivity contribution in [3.63, 3.8) is 0 Å². The highest BCUT2D eigenvalue weighted by Crippen LogP contribution is 2.31. The number of ether oxygens (including phenoxy) is 2. The van der Waals surface area contributed by atoms with Crippen molar-refractivity contribution < 1.29 is 27.1 Å². The molecule has 1 saturated heterocycles. The maximum Gasteiger partial charge on any atom is 0.229 e. The summed E-state index contributed by atoms with van der Waals surface area (Å²) in [5, 5.41) is 0. The highest BCUT2D eigenvalue weighted by atomic mass is 32.2. The van der Waals surface area contributed by atoms with Gasteiger partial charge in [-0.15, -0.1) is 0 Å². The van der Waals surface area contributed by atoms with Crippen molar-refractivity contribution in [2.24, 2.45) is 11.7 Å². The molecule has 1 aliphatic heterocycles. The number of nitrogens with two attached hydrogens (primary N) is 1. The van der Waals surface area contributed by atoms with Gasteiger partial charge >= 0.3 is 0 Å². The summed E-state index contributed by atoms with van der Waals surface area (Å²) in [6.07, 6.45) is 4.57. The third-order valence-corrected chi connectivity index (χ3v) is 6.81. The van der Waals surface area contributed by atoms with Gasteiger partial charge in [0.1, 0.15) is 18.7 Å². The third kappa shape index (κ3) is 6.46. The number of rotatable bonds is 9. The first-order valence-electron chi connectivity index (χ1n) is 10.7. The maximum atomic E-state index is 14.4. The van der Waals surface area contributed by atoms with Crippen molar-refractivity contribution in [3.05, 3.63) is 35.9 Å². The molecule has 1 aromatic carbocycles. The molecule has 2 atom stereocenters. The Bertz CT molecular complexity index is 1090. The Balaban J connectivity index is 1.63. The van der Waals surface area contributed by atoms with Crippen LogP contribution < -0.4 is 15.2 Å². The first-order valence-corrected chi connectivity index (χ1v) is 12.6. The number of aromatic nitrogens is 2. The highest BCUT2D eigenvalue weighted by molar-refractivity contribution is 7.90. The van der Waals surface area contributed by atoms with Crippen LogP contribution in [0.1, 0.15) is 25.3 Å². The van der Waals surface area contributed by atoms with E-state index in [9.17, 15) is 17.6 Å². The summed E-state index contributed by atoms with van der Waals surface area (Å²) in [4.78, 5) is 21.2. The molecule has 1 aliphatic rings. The van der Waals surface area contributed by atoms with Crippen LogP contribution in [0.3, 0.4) is 0 Å². The van der Waals surface area contributed by atoms with Crippen LogP contribution in [0.15, 0.2) is 29.4 Å². The number of carbonyl (C=O) groups is 1. The number of aldehydes is 1. The topological polar surface area (TPSA) is 125 Å². The number of hydrogen-bond donors (Lipinski definition) is 1. The number of nitrogens with zero attached hydrogens (tertiary/aromatic N) is 3. The molecule has 0 amide bonds. The fourth-order valence-electron chi connectivity index (χ4n) is 3.57. The zero-order valence-electron chi connectivity index (χ0n) is 18.9. The van der Waals surface area contributed by atoms with Crippen LogP contribution in [0.4, 0.5) is 4.39 Å². The molecule has 2 unspecified atom stereocenters. The standard InChI is InChI=1S/C22H29FN4O5S/c1-14(19(24)12-28)11-27-8-6-16(7-9-27)31-21-15(2)22(26-13-25-21)32-20-5-4-17(10-18(20)23)33(3,29)30/h4-5,10,12-14,16,19H,6-9,11,24H2,1-3H3. The van der Waals surface area contributed by atoms with Gasteiger partial charge in [-0.1, -0.05) is 6.92 Å². The van der Waals surface area contributed by atoms with E-state index in [1.165, 1.54) is 18.5 Å². The number of likely N-dealkylation sites (tertiary alicyclic amines) is 1. The van der Waals surface area contributed by atoms with Gasteiger partial charge in [0.15, 0.2) is 21.4 Å². The molecule has 2 aromatic rings. The Morgan fingerprint density at radius 3 is 2.55 bits per heavy atom. The van der Waals surface area contributed by atoms with Crippen LogP contribution in [-0.4, -0.2) is 67.6 Å². The van der Waals surface area contributed by atoms with Crippen molar-refractivity contribution in [1.82, 2.24) is 14.9 Å². The maximum absolute atomic E-state index is 14.4. The van der Waals surface area contributed by atoms with Gasteiger partial charge in [0.05, 0.1) is 16.5 Å². The van der Waals surface area contributed by atoms with Gasteiger partial charge in [0.2, 0.25) is 11.8 Å². The molecular formula is C22H29FN4O5S. The zero-order valence-corrected chi connectivity index (χ0v) is 19.7. The van der Waals surface area contributed by atoms with Crippen LogP contribution >= 0.6 is 0 Å². The van der Waals surface area contributed by atoms with Gasteiger partial charge < -0.3 is 24.9 Å². The second-order valence-electron chi connectivity index (χ2n) is 8.38. The predicted molar refractivity (Wildman–Crippen MR) is 120 cm³/mol. The van der Waals surface area contributed by atoms with Crippen molar-refractivity contribution in [1.29, 1.82) is 0 Å². The first-order chi connectivity index (χ1) is 15.6. The lowest BCUT2D eigenvalue weighted by molar-refractivity contribution is -0.109. The van der Waals surface area contributed by atoms with E-state index in [1.54, 1.807) is 6.92 Å². The molecular weight excluding hydrogens is 451 g/mol. The summed E-state index contributed by atoms with van der Waals surface area (Å²) in [7, 11) is -3.53. The SMILES string of the molecule is Cc1c(Oc2ccc(S(C)(=O)=O)cc2F)ncnc1OC1CCN(CC(C)C(N)C=O)CC1. The minimum atomic E-state index is -3.53. The Hall–Kier alpha value is -2.63. The molecule has 1 fully saturated rings. The normalized spacial score (nSPS) is 17.4. The minimum Gasteiger partial charge on any atom is -0.474 e. The number of benzene rings is 1. The zero-order chi connectivity index (χ0) is 24.2. The smallest absolute Gasteiger partial charge is 0.229 e. The molecule has 0 spiro atoms. The van der Waals surface area contributed by atoms with Crippen molar-refractivity contribution >= 4 is 16.1 Å². The summed E-state index contributed by atoms with van der Waals surface area (Å²) in [5.41, 5.74) is 6.30. The van der Waals surface area contributed by atoms with Crippen LogP contribution in [0.25, 0.3) is 0 Å². The van der Waals surface area contributed by atoms with E-state index in [-0.39, 0.29) is 28.5 Å². The van der Waals surface area contributed by atoms with Crippen LogP contribution in [0.5, 0.6) is 17.5 Å². The molecule has 11 heteroatoms. The van der Waals surface area contributed by atoms with Gasteiger partial charge in [-0.3, -0.25) is 0 Å². The van der Waals surface area contributed by atoms with E-state index in [4.69, 9.17) is 15.2 Å². The summed E-state index contributed by atoms with van der Waals surface area (Å²) in [6.45, 7) is 6.05. The van der Waals surface area contributed by atoms with Gasteiger partial charge in [0, 0.05) is 25.9 Å². The van der Waals surface area contributed by atoms with Crippen molar-refractivity contribution in [2.75, 3.05) is 25.9 Å². The van der Waals surface area contributed by atoms with Gasteiger partial charge in [0.25, 0.3) is 0 Å². The van der Waals surface area contributed by atoms with Crippen LogP contribution in [0, 0.1) is 18.7 Å². The van der Waals surface area contributed by atoms with Gasteiger partial charge in [-0.05, 0) is 43.9 Å². The quantitative estimate of drug-likeness (QED) is 0.537. The van der Waals surface area contributed by atoms with Crippen molar-refractivity contribution in [2.45, 2.75) is 43.7 Å². The largest absolute Gasteiger partial charge is 0.474 e. The molecule has 0 radical (unpaired) electrons. The molecule has 33 heavy (non-hydrogen) atoms. The first kappa shape index (κ1) is 25.0. The fraction of sp³-hybridized carbons (Fsp3) is 0.500. The van der Waals surface area contributed by atoms with Crippen LogP contribution in [0.2, 0.25) is 0 Å². The molecule has 0 bridgehead atoms. The lowest BCUT2D eigenvalue weighted by Crippen LogP contribution is -2.44. The second-order valence-corrected chi connectivity index (χ2v) is 10.4. The lowest BCUT2D eigenvalue weighted by Gasteiger charge is -2.34. The summed E-state index contributed by atoms with van der Waals surface area (Å²) in [5.74, 6) is -0.404. The number of sulfone groups is 1. The molecule has 0 saturated carbocycles. The molecule has 9 nitrogen and oxygen atoms in total. The van der Waals surface area contributed by atoms with E-state index in [0.29, 0.717) is 11.4 Å². The Morgan fingerprint density at radius 1 is 1.27 bits per heavy atom. The summed E-state index contributed by atoms with van der Waals surface area (Å²) < 4.78 is 49.2. The second kappa shape index (κ2) is 10.5.